The molecule has 1 amide bonds. The highest BCUT2D eigenvalue weighted by molar-refractivity contribution is 9.10. The van der Waals surface area contributed by atoms with E-state index in [0.29, 0.717) is 5.00 Å². The van der Waals surface area contributed by atoms with Crippen LogP contribution in [0.25, 0.3) is 0 Å². The quantitative estimate of drug-likeness (QED) is 0.809. The molecule has 0 aliphatic carbocycles. The third kappa shape index (κ3) is 2.62. The molecule has 0 fully saturated rings. The number of hydrogen-bond acceptors (Lipinski definition) is 4. The molecule has 0 bridgehead atoms. The molecule has 94 valence electrons. The van der Waals surface area contributed by atoms with Gasteiger partial charge in [-0.3, -0.25) is 14.0 Å². The fourth-order valence-corrected chi connectivity index (χ4v) is 2.57. The van der Waals surface area contributed by atoms with Gasteiger partial charge in [0.15, 0.2) is 0 Å². The first kappa shape index (κ1) is 12.8. The van der Waals surface area contributed by atoms with Gasteiger partial charge in [0.2, 0.25) is 0 Å². The SMILES string of the molecule is CNC(=O)c1c(Nc2cccc(Br)c2)s[nH]c1=O. The van der Waals surface area contributed by atoms with Crippen molar-refractivity contribution < 1.29 is 4.79 Å². The number of amides is 1. The lowest BCUT2D eigenvalue weighted by molar-refractivity contribution is 0.0963. The summed E-state index contributed by atoms with van der Waals surface area (Å²) in [5, 5.41) is 5.99. The summed E-state index contributed by atoms with van der Waals surface area (Å²) < 4.78 is 3.45. The van der Waals surface area contributed by atoms with Gasteiger partial charge in [-0.15, -0.1) is 0 Å². The number of carbonyl (C=O) groups is 1. The molecular formula is C11H10BrN3O2S. The van der Waals surface area contributed by atoms with Crippen molar-refractivity contribution in [3.05, 3.63) is 44.7 Å². The molecule has 0 aliphatic rings. The van der Waals surface area contributed by atoms with Crippen molar-refractivity contribution in [2.24, 2.45) is 0 Å². The van der Waals surface area contributed by atoms with Crippen LogP contribution >= 0.6 is 27.5 Å². The van der Waals surface area contributed by atoms with Crippen LogP contribution in [0.2, 0.25) is 0 Å². The van der Waals surface area contributed by atoms with Crippen LogP contribution in [0.15, 0.2) is 33.5 Å². The molecule has 2 rings (SSSR count). The number of benzene rings is 1. The second-order valence-electron chi connectivity index (χ2n) is 3.45. The van der Waals surface area contributed by atoms with E-state index in [1.165, 1.54) is 7.05 Å². The van der Waals surface area contributed by atoms with E-state index in [1.54, 1.807) is 0 Å². The molecule has 0 saturated heterocycles. The Bertz CT molecular complexity index is 635. The summed E-state index contributed by atoms with van der Waals surface area (Å²) in [6.45, 7) is 0. The first-order chi connectivity index (χ1) is 8.61. The van der Waals surface area contributed by atoms with Crippen LogP contribution < -0.4 is 16.2 Å². The van der Waals surface area contributed by atoms with Gasteiger partial charge < -0.3 is 10.6 Å². The molecule has 0 aliphatic heterocycles. The molecule has 0 saturated carbocycles. The Morgan fingerprint density at radius 2 is 2.22 bits per heavy atom. The van der Waals surface area contributed by atoms with Crippen LogP contribution in [-0.4, -0.2) is 17.3 Å². The molecule has 3 N–H and O–H groups in total. The second kappa shape index (κ2) is 5.36. The number of aromatic amines is 1. The predicted molar refractivity (Wildman–Crippen MR) is 75.8 cm³/mol. The molecule has 1 aromatic carbocycles. The zero-order valence-electron chi connectivity index (χ0n) is 9.41. The van der Waals surface area contributed by atoms with Gasteiger partial charge in [-0.1, -0.05) is 22.0 Å². The van der Waals surface area contributed by atoms with Crippen molar-refractivity contribution in [2.45, 2.75) is 0 Å². The van der Waals surface area contributed by atoms with Crippen LogP contribution in [0.5, 0.6) is 0 Å². The van der Waals surface area contributed by atoms with Gasteiger partial charge in [-0.25, -0.2) is 0 Å². The Morgan fingerprint density at radius 3 is 2.89 bits per heavy atom. The summed E-state index contributed by atoms with van der Waals surface area (Å²) in [6, 6.07) is 7.46. The molecule has 1 aromatic heterocycles. The van der Waals surface area contributed by atoms with Crippen LogP contribution in [0.1, 0.15) is 10.4 Å². The van der Waals surface area contributed by atoms with E-state index in [2.05, 4.69) is 30.9 Å². The molecule has 5 nitrogen and oxygen atoms in total. The molecule has 1 heterocycles. The standard InChI is InChI=1S/C11H10BrN3O2S/c1-13-9(16)8-10(17)15-18-11(8)14-7-4-2-3-6(12)5-7/h2-5,14H,1H3,(H,13,16)(H,15,17). The predicted octanol–water partition coefficient (Wildman–Crippen LogP) is 2.30. The highest BCUT2D eigenvalue weighted by atomic mass is 79.9. The number of anilines is 2. The fourth-order valence-electron chi connectivity index (χ4n) is 1.42. The first-order valence-electron chi connectivity index (χ1n) is 5.08. The lowest BCUT2D eigenvalue weighted by Gasteiger charge is -2.05. The lowest BCUT2D eigenvalue weighted by Crippen LogP contribution is -2.24. The number of aromatic nitrogens is 1. The molecule has 0 unspecified atom stereocenters. The highest BCUT2D eigenvalue weighted by Gasteiger charge is 2.17. The zero-order valence-corrected chi connectivity index (χ0v) is 11.8. The minimum atomic E-state index is -0.407. The number of halogens is 1. The van der Waals surface area contributed by atoms with E-state index < -0.39 is 11.5 Å². The minimum absolute atomic E-state index is 0.0995. The zero-order chi connectivity index (χ0) is 13.1. The lowest BCUT2D eigenvalue weighted by atomic mass is 10.3. The van der Waals surface area contributed by atoms with E-state index in [1.807, 2.05) is 24.3 Å². The first-order valence-corrected chi connectivity index (χ1v) is 6.69. The van der Waals surface area contributed by atoms with Gasteiger partial charge in [-0.05, 0) is 29.7 Å². The van der Waals surface area contributed by atoms with Crippen molar-refractivity contribution in [2.75, 3.05) is 12.4 Å². The van der Waals surface area contributed by atoms with Gasteiger partial charge in [0.1, 0.15) is 10.6 Å². The van der Waals surface area contributed by atoms with Gasteiger partial charge in [0, 0.05) is 17.2 Å². The van der Waals surface area contributed by atoms with E-state index in [0.717, 1.165) is 21.7 Å². The Kier molecular flexibility index (Phi) is 3.83. The normalized spacial score (nSPS) is 10.1. The highest BCUT2D eigenvalue weighted by Crippen LogP contribution is 2.24. The van der Waals surface area contributed by atoms with Crippen molar-refractivity contribution >= 4 is 44.1 Å². The summed E-state index contributed by atoms with van der Waals surface area (Å²) in [6.07, 6.45) is 0. The Balaban J connectivity index is 2.35. The monoisotopic (exact) mass is 327 g/mol. The maximum absolute atomic E-state index is 11.6. The smallest absolute Gasteiger partial charge is 0.273 e. The average molecular weight is 328 g/mol. The molecule has 18 heavy (non-hydrogen) atoms. The maximum atomic E-state index is 11.6. The van der Waals surface area contributed by atoms with E-state index in [-0.39, 0.29) is 5.56 Å². The summed E-state index contributed by atoms with van der Waals surface area (Å²) in [5.41, 5.74) is 0.504. The fraction of sp³-hybridized carbons (Fsp3) is 0.0909. The maximum Gasteiger partial charge on any atom is 0.273 e. The van der Waals surface area contributed by atoms with Crippen molar-refractivity contribution in [3.8, 4) is 0 Å². The largest absolute Gasteiger partial charge is 0.355 e. The number of rotatable bonds is 3. The second-order valence-corrected chi connectivity index (χ2v) is 5.18. The van der Waals surface area contributed by atoms with Crippen molar-refractivity contribution in [3.63, 3.8) is 0 Å². The molecule has 7 heteroatoms. The van der Waals surface area contributed by atoms with Crippen molar-refractivity contribution in [1.29, 1.82) is 0 Å². The summed E-state index contributed by atoms with van der Waals surface area (Å²) in [5.74, 6) is -0.407. The third-order valence-electron chi connectivity index (χ3n) is 2.24. The van der Waals surface area contributed by atoms with Gasteiger partial charge in [-0.2, -0.15) is 0 Å². The topological polar surface area (TPSA) is 74.0 Å². The Morgan fingerprint density at radius 1 is 1.44 bits per heavy atom. The van der Waals surface area contributed by atoms with Crippen LogP contribution in [-0.2, 0) is 0 Å². The third-order valence-corrected chi connectivity index (χ3v) is 3.53. The number of nitrogens with one attached hydrogen (secondary N) is 3. The summed E-state index contributed by atoms with van der Waals surface area (Å²) >= 11 is 4.45. The van der Waals surface area contributed by atoms with E-state index in [9.17, 15) is 9.59 Å². The molecule has 0 spiro atoms. The number of hydrogen-bond donors (Lipinski definition) is 3. The molecule has 2 aromatic rings. The summed E-state index contributed by atoms with van der Waals surface area (Å²) in [4.78, 5) is 23.1. The molecular weight excluding hydrogens is 318 g/mol. The number of carbonyl (C=O) groups excluding carboxylic acids is 1. The average Bonchev–Trinajstić information content (AvgIpc) is 2.70. The van der Waals surface area contributed by atoms with E-state index in [4.69, 9.17) is 0 Å². The van der Waals surface area contributed by atoms with Crippen molar-refractivity contribution in [1.82, 2.24) is 9.69 Å². The van der Waals surface area contributed by atoms with E-state index >= 15 is 0 Å². The Labute approximate surface area is 116 Å². The van der Waals surface area contributed by atoms with Gasteiger partial charge in [0.25, 0.3) is 11.5 Å². The molecule has 0 radical (unpaired) electrons. The van der Waals surface area contributed by atoms with Gasteiger partial charge in [0.05, 0.1) is 0 Å². The van der Waals surface area contributed by atoms with Gasteiger partial charge >= 0.3 is 0 Å². The van der Waals surface area contributed by atoms with Crippen LogP contribution in [0.3, 0.4) is 0 Å². The minimum Gasteiger partial charge on any atom is -0.355 e. The summed E-state index contributed by atoms with van der Waals surface area (Å²) in [7, 11) is 1.49. The molecule has 0 atom stereocenters. The van der Waals surface area contributed by atoms with Crippen LogP contribution in [0, 0.1) is 0 Å². The Hall–Kier alpha value is -1.60. The van der Waals surface area contributed by atoms with Crippen LogP contribution in [0.4, 0.5) is 10.7 Å². The number of H-pyrrole nitrogens is 1.